The summed E-state index contributed by atoms with van der Waals surface area (Å²) in [6.45, 7) is 5.27. The molecule has 0 spiro atoms. The Kier molecular flexibility index (Phi) is 6.59. The molecule has 0 aromatic heterocycles. The highest BCUT2D eigenvalue weighted by atomic mass is 16.5. The number of para-hydroxylation sites is 2. The molecule has 154 valence electrons. The summed E-state index contributed by atoms with van der Waals surface area (Å²) >= 11 is 0. The Hall–Kier alpha value is -3.22. The van der Waals surface area contributed by atoms with Crippen molar-refractivity contribution in [2.24, 2.45) is 0 Å². The highest BCUT2D eigenvalue weighted by Crippen LogP contribution is 2.32. The zero-order valence-electron chi connectivity index (χ0n) is 17.0. The number of hydrogen-bond donors (Lipinski definition) is 2. The third kappa shape index (κ3) is 5.19. The van der Waals surface area contributed by atoms with Crippen LogP contribution in [0, 0.1) is 13.8 Å². The van der Waals surface area contributed by atoms with E-state index < -0.39 is 6.10 Å². The molecule has 1 aliphatic rings. The predicted octanol–water partition coefficient (Wildman–Crippen LogP) is 1.81. The summed E-state index contributed by atoms with van der Waals surface area (Å²) in [7, 11) is 1.57. The molecule has 29 heavy (non-hydrogen) atoms. The molecule has 3 rings (SSSR count). The summed E-state index contributed by atoms with van der Waals surface area (Å²) in [6, 6.07) is 13.4. The lowest BCUT2D eigenvalue weighted by Crippen LogP contribution is -2.50. The maximum Gasteiger partial charge on any atom is 0.262 e. The van der Waals surface area contributed by atoms with Crippen LogP contribution in [0.5, 0.6) is 11.5 Å². The fraction of sp³-hybridized carbons (Fsp3) is 0.364. The summed E-state index contributed by atoms with van der Waals surface area (Å²) in [6.07, 6.45) is -0.657. The Balaban J connectivity index is 1.53. The molecule has 2 aromatic rings. The monoisotopic (exact) mass is 397 g/mol. The van der Waals surface area contributed by atoms with Gasteiger partial charge in [-0.05, 0) is 37.6 Å². The zero-order chi connectivity index (χ0) is 20.8. The van der Waals surface area contributed by atoms with Gasteiger partial charge in [0.15, 0.2) is 6.10 Å². The minimum atomic E-state index is -0.657. The molecule has 0 bridgehead atoms. The largest absolute Gasteiger partial charge is 0.491 e. The average Bonchev–Trinajstić information content (AvgIpc) is 2.71. The van der Waals surface area contributed by atoms with Crippen molar-refractivity contribution in [2.45, 2.75) is 20.0 Å². The number of carbonyl (C=O) groups excluding carboxylic acids is 2. The molecule has 2 amide bonds. The van der Waals surface area contributed by atoms with Gasteiger partial charge in [-0.15, -0.1) is 0 Å². The highest BCUT2D eigenvalue weighted by Gasteiger charge is 2.30. The first-order valence-corrected chi connectivity index (χ1v) is 9.67. The Morgan fingerprint density at radius 3 is 2.76 bits per heavy atom. The highest BCUT2D eigenvalue weighted by molar-refractivity contribution is 5.86. The van der Waals surface area contributed by atoms with E-state index in [4.69, 9.17) is 9.47 Å². The Labute approximate surface area is 171 Å². The van der Waals surface area contributed by atoms with E-state index in [1.807, 2.05) is 49.1 Å². The molecule has 0 saturated heterocycles. The second-order valence-electron chi connectivity index (χ2n) is 7.04. The van der Waals surface area contributed by atoms with Gasteiger partial charge in [0.05, 0.1) is 25.3 Å². The van der Waals surface area contributed by atoms with Crippen molar-refractivity contribution in [1.29, 1.82) is 0 Å². The van der Waals surface area contributed by atoms with E-state index in [1.54, 1.807) is 13.1 Å². The zero-order valence-corrected chi connectivity index (χ0v) is 17.0. The summed E-state index contributed by atoms with van der Waals surface area (Å²) in [5, 5.41) is 5.47. The number of aryl methyl sites for hydroxylation is 2. The van der Waals surface area contributed by atoms with Crippen LogP contribution in [0.4, 0.5) is 5.69 Å². The molecule has 7 nitrogen and oxygen atoms in total. The topological polar surface area (TPSA) is 79.9 Å². The number of nitrogens with zero attached hydrogens (tertiary/aromatic N) is 1. The van der Waals surface area contributed by atoms with E-state index in [0.717, 1.165) is 17.0 Å². The van der Waals surface area contributed by atoms with Crippen molar-refractivity contribution >= 4 is 17.5 Å². The van der Waals surface area contributed by atoms with Crippen molar-refractivity contribution in [1.82, 2.24) is 10.6 Å². The molecule has 7 heteroatoms. The molecule has 1 aliphatic heterocycles. The number of fused-ring (bicyclic) bond motifs is 1. The molecule has 2 aromatic carbocycles. The average molecular weight is 397 g/mol. The van der Waals surface area contributed by atoms with E-state index in [9.17, 15) is 9.59 Å². The number of ether oxygens (including phenoxy) is 2. The number of hydrogen-bond acceptors (Lipinski definition) is 5. The quantitative estimate of drug-likeness (QED) is 0.697. The van der Waals surface area contributed by atoms with Gasteiger partial charge in [0.2, 0.25) is 5.91 Å². The van der Waals surface area contributed by atoms with Crippen molar-refractivity contribution < 1.29 is 19.1 Å². The maximum atomic E-state index is 12.4. The number of nitrogens with one attached hydrogen (secondary N) is 2. The molecule has 1 atom stereocenters. The van der Waals surface area contributed by atoms with Gasteiger partial charge < -0.3 is 25.0 Å². The second-order valence-corrected chi connectivity index (χ2v) is 7.04. The van der Waals surface area contributed by atoms with Crippen LogP contribution in [0.3, 0.4) is 0 Å². The van der Waals surface area contributed by atoms with Gasteiger partial charge in [-0.1, -0.05) is 29.8 Å². The second kappa shape index (κ2) is 9.32. The molecule has 0 radical (unpaired) electrons. The first kappa shape index (κ1) is 20.5. The Morgan fingerprint density at radius 2 is 2.00 bits per heavy atom. The van der Waals surface area contributed by atoms with Crippen LogP contribution in [0.1, 0.15) is 11.1 Å². The van der Waals surface area contributed by atoms with Gasteiger partial charge in [0.1, 0.15) is 18.1 Å². The van der Waals surface area contributed by atoms with Gasteiger partial charge in [0.25, 0.3) is 5.91 Å². The normalized spacial score (nSPS) is 15.1. The first-order valence-electron chi connectivity index (χ1n) is 9.67. The van der Waals surface area contributed by atoms with E-state index in [-0.39, 0.29) is 18.4 Å². The van der Waals surface area contributed by atoms with Gasteiger partial charge in [0, 0.05) is 7.05 Å². The molecule has 0 unspecified atom stereocenters. The standard InChI is InChI=1S/C22H27N3O4/c1-15-8-9-18(16(2)12-15)28-11-10-24-21(26)14-25-13-20(22(27)23-3)29-19-7-5-4-6-17(19)25/h4-9,12,20H,10-11,13-14H2,1-3H3,(H,23,27)(H,24,26)/t20-/m0/s1. The van der Waals surface area contributed by atoms with Gasteiger partial charge in [-0.2, -0.15) is 0 Å². The molecule has 0 aliphatic carbocycles. The minimum Gasteiger partial charge on any atom is -0.491 e. The summed E-state index contributed by atoms with van der Waals surface area (Å²) in [5.74, 6) is 1.06. The fourth-order valence-corrected chi connectivity index (χ4v) is 3.30. The predicted molar refractivity (Wildman–Crippen MR) is 112 cm³/mol. The Morgan fingerprint density at radius 1 is 1.21 bits per heavy atom. The number of anilines is 1. The Bertz CT molecular complexity index is 884. The van der Waals surface area contributed by atoms with Crippen LogP contribution < -0.4 is 25.0 Å². The lowest BCUT2D eigenvalue weighted by Gasteiger charge is -2.34. The molecular weight excluding hydrogens is 370 g/mol. The SMILES string of the molecule is CNC(=O)[C@@H]1CN(CC(=O)NCCOc2ccc(C)cc2C)c2ccccc2O1. The van der Waals surface area contributed by atoms with Gasteiger partial charge in [-0.3, -0.25) is 9.59 Å². The lowest BCUT2D eigenvalue weighted by molar-refractivity contribution is -0.127. The summed E-state index contributed by atoms with van der Waals surface area (Å²) < 4.78 is 11.5. The lowest BCUT2D eigenvalue weighted by atomic mass is 10.1. The van der Waals surface area contributed by atoms with Crippen LogP contribution >= 0.6 is 0 Å². The van der Waals surface area contributed by atoms with Gasteiger partial charge >= 0.3 is 0 Å². The van der Waals surface area contributed by atoms with E-state index in [2.05, 4.69) is 16.7 Å². The molecule has 1 heterocycles. The van der Waals surface area contributed by atoms with Crippen molar-refractivity contribution in [3.8, 4) is 11.5 Å². The number of benzene rings is 2. The molecule has 2 N–H and O–H groups in total. The number of carbonyl (C=O) groups is 2. The van der Waals surface area contributed by atoms with Crippen LogP contribution in [0.25, 0.3) is 0 Å². The summed E-state index contributed by atoms with van der Waals surface area (Å²) in [4.78, 5) is 26.3. The molecule has 0 fully saturated rings. The van der Waals surface area contributed by atoms with Crippen LogP contribution in [0.2, 0.25) is 0 Å². The molecular formula is C22H27N3O4. The van der Waals surface area contributed by atoms with Crippen LogP contribution in [-0.2, 0) is 9.59 Å². The van der Waals surface area contributed by atoms with E-state index >= 15 is 0 Å². The smallest absolute Gasteiger partial charge is 0.262 e. The van der Waals surface area contributed by atoms with Crippen molar-refractivity contribution in [3.63, 3.8) is 0 Å². The summed E-state index contributed by atoms with van der Waals surface area (Å²) in [5.41, 5.74) is 3.06. The number of rotatable bonds is 7. The van der Waals surface area contributed by atoms with Crippen molar-refractivity contribution in [2.75, 3.05) is 38.2 Å². The number of amides is 2. The molecule has 0 saturated carbocycles. The number of likely N-dealkylation sites (N-methyl/N-ethyl adjacent to an activating group) is 1. The third-order valence-electron chi connectivity index (χ3n) is 4.75. The van der Waals surface area contributed by atoms with Crippen molar-refractivity contribution in [3.05, 3.63) is 53.6 Å². The minimum absolute atomic E-state index is 0.136. The fourth-order valence-electron chi connectivity index (χ4n) is 3.30. The van der Waals surface area contributed by atoms with Gasteiger partial charge in [-0.25, -0.2) is 0 Å². The first-order chi connectivity index (χ1) is 14.0. The maximum absolute atomic E-state index is 12.4. The van der Waals surface area contributed by atoms with E-state index in [0.29, 0.717) is 25.4 Å². The third-order valence-corrected chi connectivity index (χ3v) is 4.75. The van der Waals surface area contributed by atoms with E-state index in [1.165, 1.54) is 5.56 Å². The van der Waals surface area contributed by atoms with Crippen LogP contribution in [-0.4, -0.2) is 51.2 Å². The van der Waals surface area contributed by atoms with Crippen LogP contribution in [0.15, 0.2) is 42.5 Å².